The van der Waals surface area contributed by atoms with E-state index in [0.717, 1.165) is 48.8 Å². The van der Waals surface area contributed by atoms with Crippen LogP contribution in [0.3, 0.4) is 0 Å². The summed E-state index contributed by atoms with van der Waals surface area (Å²) in [7, 11) is 3.28. The maximum Gasteiger partial charge on any atom is 0.161 e. The molecule has 0 bridgehead atoms. The molecule has 2 aromatic carbocycles. The Morgan fingerprint density at radius 2 is 1.59 bits per heavy atom. The Morgan fingerprint density at radius 1 is 0.844 bits per heavy atom. The second kappa shape index (κ2) is 8.42. The van der Waals surface area contributed by atoms with Crippen LogP contribution in [0.15, 0.2) is 60.9 Å². The molecule has 4 aromatic rings. The fourth-order valence-electron chi connectivity index (χ4n) is 4.37. The minimum Gasteiger partial charge on any atom is -0.493 e. The van der Waals surface area contributed by atoms with Crippen LogP contribution in [-0.4, -0.2) is 55.0 Å². The van der Waals surface area contributed by atoms with Crippen LogP contribution >= 0.6 is 0 Å². The molecular weight excluding hydrogens is 402 g/mol. The standard InChI is InChI=1S/C25H27N5O2/c1-18-6-4-5-7-21(18)28-12-14-29(15-13-28)25-22-17-20(27-30(22)11-10-26-25)19-8-9-23(31-2)24(16-19)32-3/h4-11,16-17H,12-15H2,1-3H3. The number of aryl methyl sites for hydroxylation is 1. The van der Waals surface area contributed by atoms with E-state index in [9.17, 15) is 0 Å². The van der Waals surface area contributed by atoms with E-state index in [1.54, 1.807) is 14.2 Å². The van der Waals surface area contributed by atoms with Gasteiger partial charge in [-0.1, -0.05) is 18.2 Å². The number of aromatic nitrogens is 3. The summed E-state index contributed by atoms with van der Waals surface area (Å²) in [5.41, 5.74) is 5.48. The normalized spacial score (nSPS) is 14.1. The molecule has 0 N–H and O–H groups in total. The van der Waals surface area contributed by atoms with Crippen LogP contribution in [-0.2, 0) is 0 Å². The van der Waals surface area contributed by atoms with Crippen LogP contribution in [0, 0.1) is 6.92 Å². The summed E-state index contributed by atoms with van der Waals surface area (Å²) in [5.74, 6) is 2.36. The van der Waals surface area contributed by atoms with Crippen molar-refractivity contribution in [3.05, 3.63) is 66.5 Å². The molecule has 0 atom stereocenters. The molecule has 2 aromatic heterocycles. The van der Waals surface area contributed by atoms with Gasteiger partial charge in [-0.2, -0.15) is 5.10 Å². The Hall–Kier alpha value is -3.74. The highest BCUT2D eigenvalue weighted by Gasteiger charge is 2.22. The molecule has 0 amide bonds. The van der Waals surface area contributed by atoms with Gasteiger partial charge >= 0.3 is 0 Å². The smallest absolute Gasteiger partial charge is 0.161 e. The number of nitrogens with zero attached hydrogens (tertiary/aromatic N) is 5. The molecule has 3 heterocycles. The molecule has 0 spiro atoms. The Bertz CT molecular complexity index is 1240. The Morgan fingerprint density at radius 3 is 2.34 bits per heavy atom. The minimum absolute atomic E-state index is 0.688. The van der Waals surface area contributed by atoms with Crippen LogP contribution in [0.1, 0.15) is 5.56 Å². The zero-order valence-corrected chi connectivity index (χ0v) is 18.7. The third kappa shape index (κ3) is 3.60. The molecule has 32 heavy (non-hydrogen) atoms. The Kier molecular flexibility index (Phi) is 5.31. The summed E-state index contributed by atoms with van der Waals surface area (Å²) >= 11 is 0. The van der Waals surface area contributed by atoms with Gasteiger partial charge in [0.1, 0.15) is 5.52 Å². The Labute approximate surface area is 187 Å². The van der Waals surface area contributed by atoms with Gasteiger partial charge in [-0.3, -0.25) is 0 Å². The van der Waals surface area contributed by atoms with Crippen molar-refractivity contribution < 1.29 is 9.47 Å². The number of hydrogen-bond donors (Lipinski definition) is 0. The van der Waals surface area contributed by atoms with Crippen LogP contribution in [0.5, 0.6) is 11.5 Å². The van der Waals surface area contributed by atoms with Crippen molar-refractivity contribution in [3.63, 3.8) is 0 Å². The quantitative estimate of drug-likeness (QED) is 0.477. The number of methoxy groups -OCH3 is 2. The summed E-state index contributed by atoms with van der Waals surface area (Å²) in [6, 6.07) is 16.5. The maximum absolute atomic E-state index is 5.46. The van der Waals surface area contributed by atoms with E-state index < -0.39 is 0 Å². The van der Waals surface area contributed by atoms with E-state index in [4.69, 9.17) is 19.6 Å². The topological polar surface area (TPSA) is 55.1 Å². The zero-order valence-electron chi connectivity index (χ0n) is 18.7. The van der Waals surface area contributed by atoms with Gasteiger partial charge in [0.15, 0.2) is 17.3 Å². The van der Waals surface area contributed by atoms with Crippen molar-refractivity contribution in [2.75, 3.05) is 50.2 Å². The first-order valence-corrected chi connectivity index (χ1v) is 10.8. The molecule has 7 heteroatoms. The summed E-state index contributed by atoms with van der Waals surface area (Å²) in [6.45, 7) is 5.93. The zero-order chi connectivity index (χ0) is 22.1. The van der Waals surface area contributed by atoms with Crippen LogP contribution in [0.4, 0.5) is 11.5 Å². The second-order valence-electron chi connectivity index (χ2n) is 7.94. The van der Waals surface area contributed by atoms with Gasteiger partial charge in [0.2, 0.25) is 0 Å². The third-order valence-corrected chi connectivity index (χ3v) is 6.08. The minimum atomic E-state index is 0.688. The summed E-state index contributed by atoms with van der Waals surface area (Å²) in [6.07, 6.45) is 3.72. The first-order valence-electron chi connectivity index (χ1n) is 10.8. The highest BCUT2D eigenvalue weighted by atomic mass is 16.5. The number of para-hydroxylation sites is 1. The molecule has 1 saturated heterocycles. The van der Waals surface area contributed by atoms with Gasteiger partial charge in [-0.25, -0.2) is 9.50 Å². The molecule has 7 nitrogen and oxygen atoms in total. The first kappa shape index (κ1) is 20.2. The van der Waals surface area contributed by atoms with E-state index in [1.807, 2.05) is 35.1 Å². The summed E-state index contributed by atoms with van der Waals surface area (Å²) < 4.78 is 12.7. The predicted octanol–water partition coefficient (Wildman–Crippen LogP) is 4.05. The van der Waals surface area contributed by atoms with E-state index in [1.165, 1.54) is 11.3 Å². The average Bonchev–Trinajstić information content (AvgIpc) is 3.28. The fraction of sp³-hybridized carbons (Fsp3) is 0.280. The molecule has 1 aliphatic heterocycles. The Balaban J connectivity index is 1.42. The van der Waals surface area contributed by atoms with Crippen LogP contribution in [0.25, 0.3) is 16.8 Å². The lowest BCUT2D eigenvalue weighted by molar-refractivity contribution is 0.355. The van der Waals surface area contributed by atoms with Crippen LogP contribution < -0.4 is 19.3 Å². The molecule has 0 aliphatic carbocycles. The van der Waals surface area contributed by atoms with Gasteiger partial charge in [-0.15, -0.1) is 0 Å². The van der Waals surface area contributed by atoms with Crippen molar-refractivity contribution in [2.45, 2.75) is 6.92 Å². The van der Waals surface area contributed by atoms with E-state index in [-0.39, 0.29) is 0 Å². The fourth-order valence-corrected chi connectivity index (χ4v) is 4.37. The van der Waals surface area contributed by atoms with E-state index in [2.05, 4.69) is 47.1 Å². The van der Waals surface area contributed by atoms with Gasteiger partial charge < -0.3 is 19.3 Å². The molecule has 5 rings (SSSR count). The third-order valence-electron chi connectivity index (χ3n) is 6.08. The number of fused-ring (bicyclic) bond motifs is 1. The monoisotopic (exact) mass is 429 g/mol. The second-order valence-corrected chi connectivity index (χ2v) is 7.94. The number of benzene rings is 2. The molecule has 0 radical (unpaired) electrons. The van der Waals surface area contributed by atoms with Crippen molar-refractivity contribution >= 4 is 17.0 Å². The van der Waals surface area contributed by atoms with Gasteiger partial charge in [-0.05, 0) is 42.8 Å². The summed E-state index contributed by atoms with van der Waals surface area (Å²) in [5, 5.41) is 4.79. The van der Waals surface area contributed by atoms with Gasteiger partial charge in [0.25, 0.3) is 0 Å². The highest BCUT2D eigenvalue weighted by molar-refractivity contribution is 5.76. The maximum atomic E-state index is 5.46. The lowest BCUT2D eigenvalue weighted by Crippen LogP contribution is -2.47. The SMILES string of the molecule is COc1ccc(-c2cc3c(N4CCN(c5ccccc5C)CC4)nccn3n2)cc1OC. The molecular formula is C25H27N5O2. The summed E-state index contributed by atoms with van der Waals surface area (Å²) in [4.78, 5) is 9.52. The lowest BCUT2D eigenvalue weighted by atomic mass is 10.1. The van der Waals surface area contributed by atoms with Crippen molar-refractivity contribution in [2.24, 2.45) is 0 Å². The van der Waals surface area contributed by atoms with Crippen molar-refractivity contribution in [1.82, 2.24) is 14.6 Å². The average molecular weight is 430 g/mol. The highest BCUT2D eigenvalue weighted by Crippen LogP contribution is 2.33. The predicted molar refractivity (Wildman–Crippen MR) is 127 cm³/mol. The molecule has 0 unspecified atom stereocenters. The largest absolute Gasteiger partial charge is 0.493 e. The van der Waals surface area contributed by atoms with Crippen LogP contribution in [0.2, 0.25) is 0 Å². The first-order chi connectivity index (χ1) is 15.7. The molecule has 1 fully saturated rings. The van der Waals surface area contributed by atoms with Gasteiger partial charge in [0, 0.05) is 49.8 Å². The number of anilines is 2. The number of piperazine rings is 1. The number of ether oxygens (including phenoxy) is 2. The van der Waals surface area contributed by atoms with E-state index >= 15 is 0 Å². The van der Waals surface area contributed by atoms with Crippen molar-refractivity contribution in [3.8, 4) is 22.8 Å². The molecule has 0 saturated carbocycles. The number of hydrogen-bond acceptors (Lipinski definition) is 6. The molecule has 1 aliphatic rings. The van der Waals surface area contributed by atoms with E-state index in [0.29, 0.717) is 11.5 Å². The van der Waals surface area contributed by atoms with Gasteiger partial charge in [0.05, 0.1) is 19.9 Å². The lowest BCUT2D eigenvalue weighted by Gasteiger charge is -2.37. The van der Waals surface area contributed by atoms with Crippen molar-refractivity contribution in [1.29, 1.82) is 0 Å². The number of rotatable bonds is 5. The molecule has 164 valence electrons.